The zero-order valence-electron chi connectivity index (χ0n) is 9.90. The van der Waals surface area contributed by atoms with E-state index in [1.807, 2.05) is 0 Å². The molecule has 0 spiro atoms. The van der Waals surface area contributed by atoms with E-state index in [1.165, 1.54) is 0 Å². The number of hydrogen-bond donors (Lipinski definition) is 2. The Bertz CT molecular complexity index is 348. The van der Waals surface area contributed by atoms with E-state index in [-0.39, 0.29) is 4.99 Å². The predicted octanol–water partition coefficient (Wildman–Crippen LogP) is 1.96. The first-order valence-corrected chi connectivity index (χ1v) is 5.78. The maximum Gasteiger partial charge on any atom is 0.144 e. The Balaban J connectivity index is 2.58. The highest BCUT2D eigenvalue weighted by Crippen LogP contribution is 2.09. The van der Waals surface area contributed by atoms with Crippen LogP contribution in [0.4, 0.5) is 5.82 Å². The Labute approximate surface area is 102 Å². The molecular formula is C11H18N4S. The fourth-order valence-electron chi connectivity index (χ4n) is 1.55. The molecule has 1 aromatic heterocycles. The molecule has 3 N–H and O–H groups in total. The molecule has 1 heterocycles. The maximum absolute atomic E-state index is 5.44. The summed E-state index contributed by atoms with van der Waals surface area (Å²) >= 11 is 4.81. The second kappa shape index (κ2) is 5.75. The fourth-order valence-corrected chi connectivity index (χ4v) is 1.65. The molecule has 88 valence electrons. The highest BCUT2D eigenvalue weighted by molar-refractivity contribution is 7.80. The van der Waals surface area contributed by atoms with Crippen molar-refractivity contribution in [3.8, 4) is 0 Å². The van der Waals surface area contributed by atoms with Crippen molar-refractivity contribution in [1.29, 1.82) is 0 Å². The van der Waals surface area contributed by atoms with Crippen LogP contribution in [0.15, 0.2) is 12.4 Å². The molecule has 0 radical (unpaired) electrons. The van der Waals surface area contributed by atoms with Crippen LogP contribution in [-0.2, 0) is 0 Å². The molecule has 0 aliphatic rings. The Kier molecular flexibility index (Phi) is 4.61. The van der Waals surface area contributed by atoms with Gasteiger partial charge in [-0.3, -0.25) is 0 Å². The van der Waals surface area contributed by atoms with Crippen LogP contribution >= 0.6 is 12.2 Å². The Morgan fingerprint density at radius 1 is 1.38 bits per heavy atom. The number of nitrogens with zero attached hydrogens (tertiary/aromatic N) is 2. The molecule has 0 aliphatic heterocycles. The Morgan fingerprint density at radius 3 is 2.50 bits per heavy atom. The van der Waals surface area contributed by atoms with Gasteiger partial charge in [-0.05, 0) is 19.3 Å². The summed E-state index contributed by atoms with van der Waals surface area (Å²) in [7, 11) is 0. The first-order chi connectivity index (χ1) is 7.49. The summed E-state index contributed by atoms with van der Waals surface area (Å²) in [4.78, 5) is 8.60. The van der Waals surface area contributed by atoms with E-state index in [4.69, 9.17) is 18.0 Å². The lowest BCUT2D eigenvalue weighted by Crippen LogP contribution is -2.19. The molecular weight excluding hydrogens is 220 g/mol. The van der Waals surface area contributed by atoms with E-state index < -0.39 is 0 Å². The molecule has 5 heteroatoms. The first kappa shape index (κ1) is 12.8. The minimum Gasteiger partial charge on any atom is -0.388 e. The molecule has 0 saturated carbocycles. The molecule has 0 amide bonds. The van der Waals surface area contributed by atoms with E-state index >= 15 is 0 Å². The summed E-state index contributed by atoms with van der Waals surface area (Å²) in [5, 5.41) is 3.28. The van der Waals surface area contributed by atoms with Crippen molar-refractivity contribution in [2.45, 2.75) is 33.2 Å². The standard InChI is InChI=1S/C11H18N4S/c1-7(2)4-8(3)15-10-6-13-9(5-14-10)11(12)16/h5-8H,4H2,1-3H3,(H2,12,16)(H,14,15). The van der Waals surface area contributed by atoms with Crippen LogP contribution in [0.2, 0.25) is 0 Å². The van der Waals surface area contributed by atoms with E-state index in [2.05, 4.69) is 36.1 Å². The van der Waals surface area contributed by atoms with Crippen LogP contribution in [-0.4, -0.2) is 21.0 Å². The third-order valence-electron chi connectivity index (χ3n) is 2.12. The molecule has 4 nitrogen and oxygen atoms in total. The summed E-state index contributed by atoms with van der Waals surface area (Å²) in [6, 6.07) is 0.380. The molecule has 1 aromatic rings. The van der Waals surface area contributed by atoms with Crippen LogP contribution in [0.1, 0.15) is 32.9 Å². The molecule has 1 atom stereocenters. The monoisotopic (exact) mass is 238 g/mol. The van der Waals surface area contributed by atoms with Crippen LogP contribution in [0.25, 0.3) is 0 Å². The van der Waals surface area contributed by atoms with Gasteiger partial charge in [-0.1, -0.05) is 26.1 Å². The molecule has 0 bridgehead atoms. The molecule has 16 heavy (non-hydrogen) atoms. The largest absolute Gasteiger partial charge is 0.388 e. The third kappa shape index (κ3) is 4.10. The van der Waals surface area contributed by atoms with Crippen LogP contribution in [0.3, 0.4) is 0 Å². The van der Waals surface area contributed by atoms with Crippen molar-refractivity contribution in [3.05, 3.63) is 18.1 Å². The van der Waals surface area contributed by atoms with Crippen molar-refractivity contribution in [3.63, 3.8) is 0 Å². The average Bonchev–Trinajstić information content (AvgIpc) is 2.16. The number of aromatic nitrogens is 2. The summed E-state index contributed by atoms with van der Waals surface area (Å²) in [5.41, 5.74) is 5.99. The van der Waals surface area contributed by atoms with Gasteiger partial charge in [0, 0.05) is 6.04 Å². The number of rotatable bonds is 5. The Hall–Kier alpha value is -1.23. The van der Waals surface area contributed by atoms with Gasteiger partial charge in [0.25, 0.3) is 0 Å². The number of hydrogen-bond acceptors (Lipinski definition) is 4. The third-order valence-corrected chi connectivity index (χ3v) is 2.33. The normalized spacial score (nSPS) is 12.5. The summed E-state index contributed by atoms with van der Waals surface area (Å²) in [6.45, 7) is 6.52. The number of nitrogens with two attached hydrogens (primary N) is 1. The minimum atomic E-state index is 0.272. The number of anilines is 1. The lowest BCUT2D eigenvalue weighted by Gasteiger charge is -2.16. The van der Waals surface area contributed by atoms with Gasteiger partial charge in [-0.25, -0.2) is 9.97 Å². The van der Waals surface area contributed by atoms with E-state index in [9.17, 15) is 0 Å². The van der Waals surface area contributed by atoms with E-state index in [0.29, 0.717) is 17.7 Å². The quantitative estimate of drug-likeness (QED) is 0.768. The smallest absolute Gasteiger partial charge is 0.144 e. The van der Waals surface area contributed by atoms with Gasteiger partial charge in [0.05, 0.1) is 12.4 Å². The summed E-state index contributed by atoms with van der Waals surface area (Å²) in [6.07, 6.45) is 4.34. The highest BCUT2D eigenvalue weighted by Gasteiger charge is 2.06. The van der Waals surface area contributed by atoms with Crippen LogP contribution in [0.5, 0.6) is 0 Å². The second-order valence-electron chi connectivity index (χ2n) is 4.33. The van der Waals surface area contributed by atoms with Gasteiger partial charge >= 0.3 is 0 Å². The SMILES string of the molecule is CC(C)CC(C)Nc1cnc(C(N)=S)cn1. The summed E-state index contributed by atoms with van der Waals surface area (Å²) in [5.74, 6) is 1.42. The fraction of sp³-hybridized carbons (Fsp3) is 0.545. The highest BCUT2D eigenvalue weighted by atomic mass is 32.1. The van der Waals surface area contributed by atoms with Gasteiger partial charge in [-0.15, -0.1) is 0 Å². The minimum absolute atomic E-state index is 0.272. The van der Waals surface area contributed by atoms with E-state index in [0.717, 1.165) is 12.2 Å². The van der Waals surface area contributed by atoms with Crippen LogP contribution in [0, 0.1) is 5.92 Å². The zero-order chi connectivity index (χ0) is 12.1. The van der Waals surface area contributed by atoms with Gasteiger partial charge in [-0.2, -0.15) is 0 Å². The molecule has 0 saturated heterocycles. The van der Waals surface area contributed by atoms with Crippen molar-refractivity contribution in [2.24, 2.45) is 11.7 Å². The predicted molar refractivity (Wildman–Crippen MR) is 70.5 cm³/mol. The van der Waals surface area contributed by atoms with Crippen molar-refractivity contribution >= 4 is 23.0 Å². The molecule has 1 rings (SSSR count). The maximum atomic E-state index is 5.44. The van der Waals surface area contributed by atoms with Crippen molar-refractivity contribution in [1.82, 2.24) is 9.97 Å². The second-order valence-corrected chi connectivity index (χ2v) is 4.77. The average molecular weight is 238 g/mol. The molecule has 0 fully saturated rings. The topological polar surface area (TPSA) is 63.8 Å². The van der Waals surface area contributed by atoms with Gasteiger partial charge < -0.3 is 11.1 Å². The lowest BCUT2D eigenvalue weighted by molar-refractivity contribution is 0.538. The number of thiocarbonyl (C=S) groups is 1. The molecule has 0 aliphatic carbocycles. The van der Waals surface area contributed by atoms with Crippen LogP contribution < -0.4 is 11.1 Å². The zero-order valence-corrected chi connectivity index (χ0v) is 10.7. The van der Waals surface area contributed by atoms with Gasteiger partial charge in [0.15, 0.2) is 0 Å². The van der Waals surface area contributed by atoms with Gasteiger partial charge in [0.1, 0.15) is 16.5 Å². The van der Waals surface area contributed by atoms with Crippen molar-refractivity contribution < 1.29 is 0 Å². The first-order valence-electron chi connectivity index (χ1n) is 5.37. The molecule has 1 unspecified atom stereocenters. The summed E-state index contributed by atoms with van der Waals surface area (Å²) < 4.78 is 0. The van der Waals surface area contributed by atoms with E-state index in [1.54, 1.807) is 12.4 Å². The lowest BCUT2D eigenvalue weighted by atomic mass is 10.1. The molecule has 0 aromatic carbocycles. The van der Waals surface area contributed by atoms with Crippen molar-refractivity contribution in [2.75, 3.05) is 5.32 Å². The number of nitrogens with one attached hydrogen (secondary N) is 1. The Morgan fingerprint density at radius 2 is 2.06 bits per heavy atom. The van der Waals surface area contributed by atoms with Gasteiger partial charge in [0.2, 0.25) is 0 Å².